The molecule has 1 aromatic heterocycles. The van der Waals surface area contributed by atoms with Crippen LogP contribution < -0.4 is 5.32 Å². The number of nitrogens with zero attached hydrogens (tertiary/aromatic N) is 4. The molecule has 0 bridgehead atoms. The van der Waals surface area contributed by atoms with Gasteiger partial charge in [-0.25, -0.2) is 4.68 Å². The number of tetrazole rings is 1. The first-order chi connectivity index (χ1) is 12.1. The first-order valence-corrected chi connectivity index (χ1v) is 9.50. The number of rotatable bonds is 5. The molecule has 1 fully saturated rings. The highest BCUT2D eigenvalue weighted by atomic mass is 32.2. The van der Waals surface area contributed by atoms with E-state index in [1.54, 1.807) is 12.1 Å². The third-order valence-corrected chi connectivity index (χ3v) is 5.89. The lowest BCUT2D eigenvalue weighted by atomic mass is 9.99. The van der Waals surface area contributed by atoms with Crippen molar-refractivity contribution in [3.8, 4) is 0 Å². The summed E-state index contributed by atoms with van der Waals surface area (Å²) in [7, 11) is 0. The highest BCUT2D eigenvalue weighted by molar-refractivity contribution is 7.99. The summed E-state index contributed by atoms with van der Waals surface area (Å²) in [5, 5.41) is 15.4. The zero-order valence-corrected chi connectivity index (χ0v) is 14.8. The number of fused-ring (bicyclic) bond motifs is 1. The molecule has 0 spiro atoms. The van der Waals surface area contributed by atoms with E-state index in [4.69, 9.17) is 0 Å². The van der Waals surface area contributed by atoms with Crippen LogP contribution in [-0.4, -0.2) is 37.7 Å². The van der Waals surface area contributed by atoms with E-state index in [2.05, 4.69) is 20.8 Å². The minimum Gasteiger partial charge on any atom is -0.325 e. The molecule has 1 aliphatic carbocycles. The highest BCUT2D eigenvalue weighted by Gasteiger charge is 2.27. The zero-order chi connectivity index (χ0) is 17.4. The smallest absolute Gasteiger partial charge is 0.231 e. The Morgan fingerprint density at radius 3 is 2.96 bits per heavy atom. The van der Waals surface area contributed by atoms with Gasteiger partial charge in [-0.15, -0.1) is 5.10 Å². The Labute approximate surface area is 149 Å². The molecule has 130 valence electrons. The summed E-state index contributed by atoms with van der Waals surface area (Å²) in [5.74, 6) is 0.0526. The van der Waals surface area contributed by atoms with E-state index in [-0.39, 0.29) is 23.4 Å². The topological polar surface area (TPSA) is 89.8 Å². The molecular weight excluding hydrogens is 338 g/mol. The van der Waals surface area contributed by atoms with E-state index >= 15 is 0 Å². The number of benzene rings is 1. The van der Waals surface area contributed by atoms with Crippen LogP contribution in [0.4, 0.5) is 5.69 Å². The second-order valence-corrected chi connectivity index (χ2v) is 7.51. The van der Waals surface area contributed by atoms with Crippen molar-refractivity contribution in [2.45, 2.75) is 49.7 Å². The SMILES string of the molecule is C[C@H]1C(=O)Nc2ccc(C(=O)CSc3nnnn3C3CCCC3)cc21. The van der Waals surface area contributed by atoms with Gasteiger partial charge < -0.3 is 5.32 Å². The minimum atomic E-state index is -0.218. The van der Waals surface area contributed by atoms with E-state index in [0.717, 1.165) is 24.1 Å². The van der Waals surface area contributed by atoms with Gasteiger partial charge in [0, 0.05) is 11.3 Å². The molecule has 1 N–H and O–H groups in total. The van der Waals surface area contributed by atoms with Crippen molar-refractivity contribution in [2.75, 3.05) is 11.1 Å². The fraction of sp³-hybridized carbons (Fsp3) is 0.471. The van der Waals surface area contributed by atoms with Gasteiger partial charge in [-0.1, -0.05) is 24.6 Å². The van der Waals surface area contributed by atoms with Crippen LogP contribution in [-0.2, 0) is 4.79 Å². The highest BCUT2D eigenvalue weighted by Crippen LogP contribution is 2.34. The molecule has 8 heteroatoms. The first-order valence-electron chi connectivity index (χ1n) is 8.52. The van der Waals surface area contributed by atoms with E-state index in [1.807, 2.05) is 17.7 Å². The average Bonchev–Trinajstić information content (AvgIpc) is 3.34. The van der Waals surface area contributed by atoms with Gasteiger partial charge in [0.05, 0.1) is 17.7 Å². The van der Waals surface area contributed by atoms with Crippen LogP contribution >= 0.6 is 11.8 Å². The van der Waals surface area contributed by atoms with Gasteiger partial charge in [0.2, 0.25) is 11.1 Å². The molecule has 1 aliphatic heterocycles. The third-order valence-electron chi connectivity index (χ3n) is 4.96. The van der Waals surface area contributed by atoms with Crippen LogP contribution in [0.1, 0.15) is 60.5 Å². The van der Waals surface area contributed by atoms with E-state index in [9.17, 15) is 9.59 Å². The summed E-state index contributed by atoms with van der Waals surface area (Å²) in [4.78, 5) is 24.3. The number of aromatic nitrogens is 4. The van der Waals surface area contributed by atoms with Gasteiger partial charge in [-0.2, -0.15) is 0 Å². The number of hydrogen-bond acceptors (Lipinski definition) is 6. The van der Waals surface area contributed by atoms with E-state index in [1.165, 1.54) is 24.6 Å². The molecule has 7 nitrogen and oxygen atoms in total. The number of ketones is 1. The molecule has 2 heterocycles. The Balaban J connectivity index is 1.45. The van der Waals surface area contributed by atoms with Crippen molar-refractivity contribution >= 4 is 29.1 Å². The maximum atomic E-state index is 12.6. The maximum absolute atomic E-state index is 12.6. The van der Waals surface area contributed by atoms with Crippen molar-refractivity contribution in [2.24, 2.45) is 0 Å². The zero-order valence-electron chi connectivity index (χ0n) is 13.9. The lowest BCUT2D eigenvalue weighted by Gasteiger charge is -2.10. The number of anilines is 1. The Kier molecular flexibility index (Phi) is 4.29. The second-order valence-electron chi connectivity index (χ2n) is 6.57. The van der Waals surface area contributed by atoms with Crippen molar-refractivity contribution in [3.63, 3.8) is 0 Å². The van der Waals surface area contributed by atoms with Gasteiger partial charge in [0.1, 0.15) is 0 Å². The number of carbonyl (C=O) groups is 2. The van der Waals surface area contributed by atoms with Gasteiger partial charge in [-0.3, -0.25) is 9.59 Å². The van der Waals surface area contributed by atoms with Gasteiger partial charge >= 0.3 is 0 Å². The molecular formula is C17H19N5O2S. The van der Waals surface area contributed by atoms with E-state index in [0.29, 0.717) is 16.8 Å². The molecule has 1 amide bonds. The van der Waals surface area contributed by atoms with Crippen LogP contribution in [0.5, 0.6) is 0 Å². The van der Waals surface area contributed by atoms with Crippen molar-refractivity contribution < 1.29 is 9.59 Å². The minimum absolute atomic E-state index is 0.0142. The van der Waals surface area contributed by atoms with Crippen LogP contribution in [0.2, 0.25) is 0 Å². The number of carbonyl (C=O) groups excluding carboxylic acids is 2. The molecule has 1 aromatic carbocycles. The second kappa shape index (κ2) is 6.59. The molecule has 4 rings (SSSR count). The lowest BCUT2D eigenvalue weighted by molar-refractivity contribution is -0.116. The van der Waals surface area contributed by atoms with Gasteiger partial charge in [-0.05, 0) is 54.0 Å². The Hall–Kier alpha value is -2.22. The largest absolute Gasteiger partial charge is 0.325 e. The molecule has 0 saturated heterocycles. The van der Waals surface area contributed by atoms with Crippen molar-refractivity contribution in [1.82, 2.24) is 20.2 Å². The van der Waals surface area contributed by atoms with E-state index < -0.39 is 0 Å². The quantitative estimate of drug-likeness (QED) is 0.654. The Morgan fingerprint density at radius 1 is 1.36 bits per heavy atom. The monoisotopic (exact) mass is 357 g/mol. The molecule has 1 atom stereocenters. The van der Waals surface area contributed by atoms with Gasteiger partial charge in [0.25, 0.3) is 0 Å². The average molecular weight is 357 g/mol. The summed E-state index contributed by atoms with van der Waals surface area (Å²) < 4.78 is 1.86. The fourth-order valence-electron chi connectivity index (χ4n) is 3.46. The summed E-state index contributed by atoms with van der Waals surface area (Å²) in [5.41, 5.74) is 2.30. The van der Waals surface area contributed by atoms with Crippen LogP contribution in [0.15, 0.2) is 23.4 Å². The summed E-state index contributed by atoms with van der Waals surface area (Å²) in [6.45, 7) is 1.85. The normalized spacial score (nSPS) is 19.9. The number of nitrogens with one attached hydrogen (secondary N) is 1. The molecule has 0 radical (unpaired) electrons. The van der Waals surface area contributed by atoms with Crippen molar-refractivity contribution in [3.05, 3.63) is 29.3 Å². The molecule has 0 unspecified atom stereocenters. The third kappa shape index (κ3) is 3.06. The standard InChI is InChI=1S/C17H19N5O2S/c1-10-13-8-11(6-7-14(13)18-16(10)24)15(23)9-25-17-19-20-21-22(17)12-4-2-3-5-12/h6-8,10,12H,2-5,9H2,1H3,(H,18,24)/t10-/m1/s1. The number of hydrogen-bond donors (Lipinski definition) is 1. The summed E-state index contributed by atoms with van der Waals surface area (Å²) >= 11 is 1.37. The number of amides is 1. The van der Waals surface area contributed by atoms with Crippen LogP contribution in [0.25, 0.3) is 0 Å². The Bertz CT molecular complexity index is 828. The fourth-order valence-corrected chi connectivity index (χ4v) is 4.30. The maximum Gasteiger partial charge on any atom is 0.231 e. The lowest BCUT2D eigenvalue weighted by Crippen LogP contribution is -2.10. The van der Waals surface area contributed by atoms with Gasteiger partial charge in [0.15, 0.2) is 5.78 Å². The molecule has 2 aliphatic rings. The predicted octanol–water partition coefficient (Wildman–Crippen LogP) is 2.82. The molecule has 2 aromatic rings. The van der Waals surface area contributed by atoms with Crippen LogP contribution in [0, 0.1) is 0 Å². The predicted molar refractivity (Wildman–Crippen MR) is 93.9 cm³/mol. The number of Topliss-reactive ketones (excluding diaryl/α,β-unsaturated/α-hetero) is 1. The van der Waals surface area contributed by atoms with Crippen molar-refractivity contribution in [1.29, 1.82) is 0 Å². The molecule has 25 heavy (non-hydrogen) atoms. The first kappa shape index (κ1) is 16.3. The molecule has 1 saturated carbocycles. The summed E-state index contributed by atoms with van der Waals surface area (Å²) in [6, 6.07) is 5.74. The summed E-state index contributed by atoms with van der Waals surface area (Å²) in [6.07, 6.45) is 4.59. The van der Waals surface area contributed by atoms with Crippen LogP contribution in [0.3, 0.4) is 0 Å². The number of thioether (sulfide) groups is 1. The Morgan fingerprint density at radius 2 is 2.16 bits per heavy atom.